The van der Waals surface area contributed by atoms with Crippen molar-refractivity contribution >= 4 is 22.4 Å². The van der Waals surface area contributed by atoms with Gasteiger partial charge in [-0.2, -0.15) is 5.10 Å². The van der Waals surface area contributed by atoms with E-state index in [0.29, 0.717) is 17.6 Å². The molecule has 9 heteroatoms. The average Bonchev–Trinajstić information content (AvgIpc) is 3.28. The Labute approximate surface area is 177 Å². The number of hydrogen-bond acceptors (Lipinski definition) is 5. The third kappa shape index (κ3) is 3.72. The minimum absolute atomic E-state index is 0.0573. The van der Waals surface area contributed by atoms with E-state index in [1.54, 1.807) is 33.4 Å². The van der Waals surface area contributed by atoms with E-state index in [9.17, 15) is 14.0 Å². The van der Waals surface area contributed by atoms with Crippen LogP contribution in [0, 0.1) is 5.82 Å². The van der Waals surface area contributed by atoms with Crippen molar-refractivity contribution < 1.29 is 4.39 Å². The molecule has 1 aromatic carbocycles. The summed E-state index contributed by atoms with van der Waals surface area (Å²) >= 11 is 0. The molecule has 160 valence electrons. The standard InChI is InChI=1S/C22H23FN6O2/c23-16-4-5-17-19(15-16)28-9-1-3-18(28)22(31)29(17)10-2-8-26-11-13-27(14-12-26)20-6-7-21(30)25-24-20/h1,3-7,9,15H,2,8,10-14H2,(H,25,30). The Morgan fingerprint density at radius 1 is 0.935 bits per heavy atom. The molecule has 0 spiro atoms. The number of anilines is 1. The number of nitrogens with one attached hydrogen (secondary N) is 1. The van der Waals surface area contributed by atoms with E-state index in [-0.39, 0.29) is 16.9 Å². The Morgan fingerprint density at radius 3 is 2.55 bits per heavy atom. The highest BCUT2D eigenvalue weighted by atomic mass is 19.1. The normalized spacial score (nSPS) is 15.2. The van der Waals surface area contributed by atoms with Crippen LogP contribution >= 0.6 is 0 Å². The molecule has 0 radical (unpaired) electrons. The van der Waals surface area contributed by atoms with Crippen LogP contribution < -0.4 is 16.0 Å². The Morgan fingerprint density at radius 2 is 1.77 bits per heavy atom. The van der Waals surface area contributed by atoms with Crippen molar-refractivity contribution in [1.82, 2.24) is 24.1 Å². The van der Waals surface area contributed by atoms with Gasteiger partial charge >= 0.3 is 0 Å². The summed E-state index contributed by atoms with van der Waals surface area (Å²) in [6, 6.07) is 11.4. The molecule has 3 aromatic heterocycles. The number of nitrogens with zero attached hydrogens (tertiary/aromatic N) is 5. The molecule has 0 atom stereocenters. The number of hydrogen-bond donors (Lipinski definition) is 1. The van der Waals surface area contributed by atoms with Gasteiger partial charge in [0.2, 0.25) is 0 Å². The fraction of sp³-hybridized carbons (Fsp3) is 0.318. The first-order chi connectivity index (χ1) is 15.1. The molecule has 31 heavy (non-hydrogen) atoms. The first kappa shape index (κ1) is 19.5. The number of aromatic nitrogens is 4. The SMILES string of the molecule is O=c1ccc(N2CCN(CCCn3c(=O)c4cccn4c4cc(F)ccc43)CC2)n[nH]1. The molecule has 5 rings (SSSR count). The summed E-state index contributed by atoms with van der Waals surface area (Å²) < 4.78 is 17.3. The second-order valence-electron chi connectivity index (χ2n) is 7.81. The molecule has 0 aliphatic carbocycles. The maximum Gasteiger partial charge on any atom is 0.275 e. The number of piperazine rings is 1. The molecular weight excluding hydrogens is 399 g/mol. The van der Waals surface area contributed by atoms with Gasteiger partial charge in [-0.05, 0) is 49.4 Å². The van der Waals surface area contributed by atoms with Crippen LogP contribution in [0.2, 0.25) is 0 Å². The van der Waals surface area contributed by atoms with E-state index in [1.165, 1.54) is 18.2 Å². The molecule has 4 aromatic rings. The summed E-state index contributed by atoms with van der Waals surface area (Å²) in [5, 5.41) is 6.57. The molecule has 4 heterocycles. The van der Waals surface area contributed by atoms with Crippen LogP contribution in [0.1, 0.15) is 6.42 Å². The smallest absolute Gasteiger partial charge is 0.275 e. The molecule has 1 fully saturated rings. The molecule has 1 aliphatic heterocycles. The zero-order chi connectivity index (χ0) is 21.4. The van der Waals surface area contributed by atoms with Gasteiger partial charge in [-0.1, -0.05) is 0 Å². The fourth-order valence-electron chi connectivity index (χ4n) is 4.32. The van der Waals surface area contributed by atoms with Crippen molar-refractivity contribution in [3.05, 3.63) is 75.2 Å². The summed E-state index contributed by atoms with van der Waals surface area (Å²) in [5.74, 6) is 0.465. The Kier molecular flexibility index (Phi) is 5.03. The zero-order valence-corrected chi connectivity index (χ0v) is 17.0. The second-order valence-corrected chi connectivity index (χ2v) is 7.81. The maximum absolute atomic E-state index is 13.8. The largest absolute Gasteiger partial charge is 0.353 e. The quantitative estimate of drug-likeness (QED) is 0.530. The molecule has 0 saturated carbocycles. The first-order valence-corrected chi connectivity index (χ1v) is 10.4. The van der Waals surface area contributed by atoms with Gasteiger partial charge in [0.05, 0.1) is 11.0 Å². The number of aryl methyl sites for hydroxylation is 1. The van der Waals surface area contributed by atoms with Crippen LogP contribution in [0.3, 0.4) is 0 Å². The predicted octanol–water partition coefficient (Wildman–Crippen LogP) is 1.69. The molecule has 1 N–H and O–H groups in total. The lowest BCUT2D eigenvalue weighted by atomic mass is 10.2. The maximum atomic E-state index is 13.8. The fourth-order valence-corrected chi connectivity index (χ4v) is 4.32. The molecule has 0 unspecified atom stereocenters. The molecule has 0 amide bonds. The Balaban J connectivity index is 1.27. The van der Waals surface area contributed by atoms with E-state index in [4.69, 9.17) is 0 Å². The van der Waals surface area contributed by atoms with Crippen molar-refractivity contribution in [3.63, 3.8) is 0 Å². The van der Waals surface area contributed by atoms with E-state index >= 15 is 0 Å². The first-order valence-electron chi connectivity index (χ1n) is 10.4. The summed E-state index contributed by atoms with van der Waals surface area (Å²) in [7, 11) is 0. The summed E-state index contributed by atoms with van der Waals surface area (Å²) in [6.45, 7) is 4.88. The summed E-state index contributed by atoms with van der Waals surface area (Å²) in [6.07, 6.45) is 2.61. The van der Waals surface area contributed by atoms with Crippen LogP contribution in [0.5, 0.6) is 0 Å². The van der Waals surface area contributed by atoms with Gasteiger partial charge in [-0.15, -0.1) is 0 Å². The van der Waals surface area contributed by atoms with Crippen LogP contribution in [0.25, 0.3) is 16.6 Å². The highest BCUT2D eigenvalue weighted by Crippen LogP contribution is 2.17. The molecule has 8 nitrogen and oxygen atoms in total. The molecule has 1 aliphatic rings. The number of aromatic amines is 1. The number of rotatable bonds is 5. The minimum Gasteiger partial charge on any atom is -0.353 e. The Hall–Kier alpha value is -3.46. The minimum atomic E-state index is -0.317. The number of H-pyrrole nitrogens is 1. The monoisotopic (exact) mass is 422 g/mol. The van der Waals surface area contributed by atoms with Gasteiger partial charge in [0.1, 0.15) is 17.2 Å². The van der Waals surface area contributed by atoms with Gasteiger partial charge in [0.25, 0.3) is 11.1 Å². The topological polar surface area (TPSA) is 78.6 Å². The number of fused-ring (bicyclic) bond motifs is 3. The zero-order valence-electron chi connectivity index (χ0n) is 17.0. The van der Waals surface area contributed by atoms with Crippen LogP contribution in [0.15, 0.2) is 58.3 Å². The van der Waals surface area contributed by atoms with E-state index < -0.39 is 0 Å². The summed E-state index contributed by atoms with van der Waals surface area (Å²) in [4.78, 5) is 28.7. The van der Waals surface area contributed by atoms with Gasteiger partial charge < -0.3 is 13.9 Å². The predicted molar refractivity (Wildman–Crippen MR) is 117 cm³/mol. The van der Waals surface area contributed by atoms with E-state index in [0.717, 1.165) is 50.5 Å². The van der Waals surface area contributed by atoms with Crippen molar-refractivity contribution in [2.24, 2.45) is 0 Å². The van der Waals surface area contributed by atoms with E-state index in [1.807, 2.05) is 6.07 Å². The second kappa shape index (κ2) is 7.99. The van der Waals surface area contributed by atoms with Crippen LogP contribution in [-0.2, 0) is 6.54 Å². The van der Waals surface area contributed by atoms with Crippen LogP contribution in [-0.4, -0.2) is 56.8 Å². The number of benzene rings is 1. The van der Waals surface area contributed by atoms with Crippen molar-refractivity contribution in [2.45, 2.75) is 13.0 Å². The molecule has 0 bridgehead atoms. The Bertz CT molecular complexity index is 1330. The summed E-state index contributed by atoms with van der Waals surface area (Å²) in [5.41, 5.74) is 1.73. The van der Waals surface area contributed by atoms with Gasteiger partial charge in [0.15, 0.2) is 0 Å². The highest BCUT2D eigenvalue weighted by molar-refractivity contribution is 5.79. The third-order valence-corrected chi connectivity index (χ3v) is 5.92. The van der Waals surface area contributed by atoms with Crippen molar-refractivity contribution in [1.29, 1.82) is 0 Å². The van der Waals surface area contributed by atoms with E-state index in [2.05, 4.69) is 20.0 Å². The lowest BCUT2D eigenvalue weighted by Crippen LogP contribution is -2.47. The van der Waals surface area contributed by atoms with Gasteiger partial charge in [-0.3, -0.25) is 14.5 Å². The number of halogens is 1. The average molecular weight is 422 g/mol. The van der Waals surface area contributed by atoms with Crippen LogP contribution in [0.4, 0.5) is 10.2 Å². The van der Waals surface area contributed by atoms with Gasteiger partial charge in [0, 0.05) is 45.0 Å². The lowest BCUT2D eigenvalue weighted by molar-refractivity contribution is 0.250. The molecule has 1 saturated heterocycles. The van der Waals surface area contributed by atoms with Gasteiger partial charge in [-0.25, -0.2) is 9.49 Å². The highest BCUT2D eigenvalue weighted by Gasteiger charge is 2.18. The molecular formula is C22H23FN6O2. The third-order valence-electron chi connectivity index (χ3n) is 5.92. The van der Waals surface area contributed by atoms with Crippen molar-refractivity contribution in [2.75, 3.05) is 37.6 Å². The van der Waals surface area contributed by atoms with Crippen molar-refractivity contribution in [3.8, 4) is 0 Å². The lowest BCUT2D eigenvalue weighted by Gasteiger charge is -2.35.